The van der Waals surface area contributed by atoms with Gasteiger partial charge in [0, 0.05) is 24.4 Å². The van der Waals surface area contributed by atoms with E-state index in [0.717, 1.165) is 55.1 Å². The summed E-state index contributed by atoms with van der Waals surface area (Å²) in [6.07, 6.45) is 16.7. The molecule has 6 atom stereocenters. The van der Waals surface area contributed by atoms with E-state index in [0.29, 0.717) is 57.3 Å². The summed E-state index contributed by atoms with van der Waals surface area (Å²) in [5.41, 5.74) is 3.31. The maximum Gasteiger partial charge on any atom is 0.145 e. The van der Waals surface area contributed by atoms with Crippen molar-refractivity contribution >= 4 is 6.29 Å². The molecule has 1 spiro atoms. The van der Waals surface area contributed by atoms with Crippen LogP contribution in [0, 0.1) is 35.0 Å². The summed E-state index contributed by atoms with van der Waals surface area (Å²) in [5.74, 6) is 6.23. The van der Waals surface area contributed by atoms with Crippen LogP contribution in [0.4, 0.5) is 0 Å². The van der Waals surface area contributed by atoms with Gasteiger partial charge in [0.2, 0.25) is 0 Å². The fourth-order valence-corrected chi connectivity index (χ4v) is 8.23. The highest BCUT2D eigenvalue weighted by atomic mass is 16.5. The van der Waals surface area contributed by atoms with Gasteiger partial charge in [-0.3, -0.25) is 4.79 Å². The van der Waals surface area contributed by atoms with Crippen LogP contribution in [-0.4, -0.2) is 53.1 Å². The molecular formula is C35H48O5. The van der Waals surface area contributed by atoms with Crippen molar-refractivity contribution < 1.29 is 24.9 Å². The summed E-state index contributed by atoms with van der Waals surface area (Å²) in [6.45, 7) is 8.92. The summed E-state index contributed by atoms with van der Waals surface area (Å²) < 4.78 is 6.07. The van der Waals surface area contributed by atoms with Gasteiger partial charge in [0.05, 0.1) is 18.3 Å². The smallest absolute Gasteiger partial charge is 0.145 e. The van der Waals surface area contributed by atoms with E-state index in [2.05, 4.69) is 37.5 Å². The Kier molecular flexibility index (Phi) is 10.5. The predicted molar refractivity (Wildman–Crippen MR) is 159 cm³/mol. The average molecular weight is 549 g/mol. The van der Waals surface area contributed by atoms with Crippen molar-refractivity contribution in [1.82, 2.24) is 0 Å². The number of ether oxygens (including phenoxy) is 1. The third-order valence-electron chi connectivity index (χ3n) is 10.2. The summed E-state index contributed by atoms with van der Waals surface area (Å²) in [7, 11) is 0. The molecule has 5 nitrogen and oxygen atoms in total. The minimum Gasteiger partial charge on any atom is -0.396 e. The lowest BCUT2D eigenvalue weighted by molar-refractivity contribution is -0.180. The standard InChI is InChI=1S/C35H48O5/c1-25-10-4-5-21-40-24-29(14-7-13-26(2)12-6-11-25)32-28-15-8-18-34(39)19-17-30(27(3)23-37)31(16-9-20-36)35(34,22-28)33(32)38/h7,11,13-14,23,28,31-33,36,38-39H,2,6,8-10,12,15-22,24H2,1,3H3/b13-7+,25-11+,29-14-,30-27+/t28-,31-,32-,33-,34-,35-/m1/s1. The Morgan fingerprint density at radius 3 is 2.88 bits per heavy atom. The average Bonchev–Trinajstić information content (AvgIpc) is 3.11. The van der Waals surface area contributed by atoms with Crippen molar-refractivity contribution in [3.05, 3.63) is 58.7 Å². The zero-order chi connectivity index (χ0) is 28.8. The molecule has 0 aromatic rings. The maximum atomic E-state index is 12.4. The summed E-state index contributed by atoms with van der Waals surface area (Å²) >= 11 is 0. The zero-order valence-electron chi connectivity index (χ0n) is 24.5. The van der Waals surface area contributed by atoms with E-state index in [-0.39, 0.29) is 24.4 Å². The number of carbonyl (C=O) groups excluding carboxylic acids is 1. The molecule has 4 aliphatic rings. The van der Waals surface area contributed by atoms with Crippen LogP contribution < -0.4 is 0 Å². The van der Waals surface area contributed by atoms with E-state index in [1.165, 1.54) is 5.57 Å². The Labute approximate surface area is 240 Å². The minimum absolute atomic E-state index is 0.0468. The fraction of sp³-hybridized carbons (Fsp3) is 0.629. The molecule has 0 aromatic heterocycles. The Hall–Kier alpha value is -2.23. The van der Waals surface area contributed by atoms with Gasteiger partial charge < -0.3 is 20.1 Å². The van der Waals surface area contributed by atoms with Gasteiger partial charge >= 0.3 is 0 Å². The van der Waals surface area contributed by atoms with Crippen molar-refractivity contribution in [1.29, 1.82) is 0 Å². The van der Waals surface area contributed by atoms with Crippen LogP contribution in [0.15, 0.2) is 58.7 Å². The normalized spacial score (nSPS) is 40.0. The fourth-order valence-electron chi connectivity index (χ4n) is 8.23. The van der Waals surface area contributed by atoms with E-state index in [4.69, 9.17) is 4.74 Å². The number of aliphatic hydroxyl groups is 3. The number of hydrogen-bond acceptors (Lipinski definition) is 5. The Balaban J connectivity index is 1.74. The van der Waals surface area contributed by atoms with Gasteiger partial charge in [-0.05, 0) is 94.6 Å². The van der Waals surface area contributed by atoms with Crippen LogP contribution in [0.25, 0.3) is 0 Å². The van der Waals surface area contributed by atoms with E-state index < -0.39 is 17.1 Å². The number of aldehydes is 1. The molecule has 3 aliphatic carbocycles. The molecule has 0 aromatic carbocycles. The first-order valence-corrected chi connectivity index (χ1v) is 15.2. The van der Waals surface area contributed by atoms with Crippen molar-refractivity contribution in [3.8, 4) is 11.8 Å². The summed E-state index contributed by atoms with van der Waals surface area (Å²) in [4.78, 5) is 11.9. The van der Waals surface area contributed by atoms with Gasteiger partial charge in [-0.1, -0.05) is 65.9 Å². The van der Waals surface area contributed by atoms with Crippen LogP contribution in [0.5, 0.6) is 0 Å². The SMILES string of the molecule is C=C1/C=C/C=C(\[C@H]2[C@@H]3CCC[C@@]4(O)CC/C(=C(/C)C=O)[C@@H](CCCO)[C@]4(C3)[C@@H]2O)COCC#CC/C(C)=C/CC1. The van der Waals surface area contributed by atoms with Crippen LogP contribution in [-0.2, 0) is 9.53 Å². The third kappa shape index (κ3) is 6.16. The van der Waals surface area contributed by atoms with Gasteiger partial charge in [0.25, 0.3) is 0 Å². The molecule has 218 valence electrons. The zero-order valence-corrected chi connectivity index (χ0v) is 24.5. The first-order valence-electron chi connectivity index (χ1n) is 15.2. The lowest BCUT2D eigenvalue weighted by Gasteiger charge is -2.57. The molecule has 3 N–H and O–H groups in total. The second kappa shape index (κ2) is 13.6. The largest absolute Gasteiger partial charge is 0.396 e. The molecule has 3 fully saturated rings. The van der Waals surface area contributed by atoms with Crippen LogP contribution in [0.2, 0.25) is 0 Å². The van der Waals surface area contributed by atoms with Crippen molar-refractivity contribution in [2.24, 2.45) is 23.2 Å². The van der Waals surface area contributed by atoms with Crippen LogP contribution in [0.1, 0.15) is 84.5 Å². The molecule has 2 bridgehead atoms. The molecular weight excluding hydrogens is 500 g/mol. The van der Waals surface area contributed by atoms with E-state index in [9.17, 15) is 20.1 Å². The first-order chi connectivity index (χ1) is 19.3. The van der Waals surface area contributed by atoms with E-state index in [1.54, 1.807) is 0 Å². The van der Waals surface area contributed by atoms with E-state index in [1.807, 2.05) is 19.1 Å². The molecule has 3 saturated carbocycles. The third-order valence-corrected chi connectivity index (χ3v) is 10.2. The molecule has 0 unspecified atom stereocenters. The topological polar surface area (TPSA) is 87.0 Å². The molecule has 0 radical (unpaired) electrons. The molecule has 4 rings (SSSR count). The molecule has 40 heavy (non-hydrogen) atoms. The molecule has 1 heterocycles. The van der Waals surface area contributed by atoms with Crippen molar-refractivity contribution in [2.75, 3.05) is 19.8 Å². The number of allylic oxidation sites excluding steroid dienone is 8. The Morgan fingerprint density at radius 1 is 1.27 bits per heavy atom. The van der Waals surface area contributed by atoms with Gasteiger partial charge in [0.1, 0.15) is 12.9 Å². The van der Waals surface area contributed by atoms with Gasteiger partial charge in [-0.2, -0.15) is 0 Å². The maximum absolute atomic E-state index is 12.4. The molecule has 0 amide bonds. The Morgan fingerprint density at radius 2 is 2.10 bits per heavy atom. The first kappa shape index (κ1) is 30.7. The summed E-state index contributed by atoms with van der Waals surface area (Å²) in [6, 6.07) is 0. The quantitative estimate of drug-likeness (QED) is 0.176. The molecule has 1 aliphatic heterocycles. The van der Waals surface area contributed by atoms with Crippen molar-refractivity contribution in [2.45, 2.75) is 96.2 Å². The second-order valence-corrected chi connectivity index (χ2v) is 12.5. The van der Waals surface area contributed by atoms with Gasteiger partial charge in [-0.15, -0.1) is 0 Å². The van der Waals surface area contributed by atoms with Crippen molar-refractivity contribution in [3.63, 3.8) is 0 Å². The second-order valence-electron chi connectivity index (χ2n) is 12.5. The Bertz CT molecular complexity index is 1130. The molecule has 5 heteroatoms. The summed E-state index contributed by atoms with van der Waals surface area (Å²) in [5, 5.41) is 34.5. The predicted octanol–water partition coefficient (Wildman–Crippen LogP) is 5.77. The monoisotopic (exact) mass is 548 g/mol. The minimum atomic E-state index is -1.01. The lowest BCUT2D eigenvalue weighted by Crippen LogP contribution is -2.60. The highest BCUT2D eigenvalue weighted by molar-refractivity contribution is 5.74. The highest BCUT2D eigenvalue weighted by Crippen LogP contribution is 2.67. The number of fused-ring (bicyclic) bond motifs is 1. The number of rotatable bonds is 5. The van der Waals surface area contributed by atoms with Gasteiger partial charge in [0.15, 0.2) is 0 Å². The molecule has 0 saturated heterocycles. The lowest BCUT2D eigenvalue weighted by atomic mass is 9.51. The number of aliphatic hydroxyl groups excluding tert-OH is 2. The van der Waals surface area contributed by atoms with Crippen LogP contribution in [0.3, 0.4) is 0 Å². The highest BCUT2D eigenvalue weighted by Gasteiger charge is 2.68. The number of hydrogen-bond donors (Lipinski definition) is 3. The van der Waals surface area contributed by atoms with E-state index >= 15 is 0 Å². The van der Waals surface area contributed by atoms with Crippen LogP contribution >= 0.6 is 0 Å². The number of carbonyl (C=O) groups is 1. The van der Waals surface area contributed by atoms with Gasteiger partial charge in [-0.25, -0.2) is 0 Å².